The normalized spacial score (nSPS) is 11.2. The number of hydrogen-bond donors (Lipinski definition) is 1. The molecule has 0 spiro atoms. The molecule has 0 unspecified atom stereocenters. The Bertz CT molecular complexity index is 473. The molecule has 1 N–H and O–H groups in total. The smallest absolute Gasteiger partial charge is 0.338 e. The Morgan fingerprint density at radius 1 is 1.21 bits per heavy atom. The van der Waals surface area contributed by atoms with E-state index in [9.17, 15) is 13.6 Å². The molecule has 1 aromatic carbocycles. The van der Waals surface area contributed by atoms with Crippen LogP contribution in [0, 0.1) is 17.6 Å². The summed E-state index contributed by atoms with van der Waals surface area (Å²) in [5.74, 6) is -3.60. The number of rotatable bonds is 5. The van der Waals surface area contributed by atoms with Gasteiger partial charge in [0, 0.05) is 12.6 Å². The first-order valence-corrected chi connectivity index (χ1v) is 6.23. The highest BCUT2D eigenvalue weighted by molar-refractivity contribution is 5.88. The SMILES string of the molecule is CC(C)CN(c1ccc(C(=O)O)c(F)c1F)C(C)C. The highest BCUT2D eigenvalue weighted by atomic mass is 19.2. The zero-order valence-electron chi connectivity index (χ0n) is 11.6. The van der Waals surface area contributed by atoms with E-state index in [0.29, 0.717) is 6.54 Å². The Balaban J connectivity index is 3.26. The molecular formula is C14H19F2NO2. The second-order valence-corrected chi connectivity index (χ2v) is 5.21. The summed E-state index contributed by atoms with van der Waals surface area (Å²) in [7, 11) is 0. The molecule has 0 bridgehead atoms. The van der Waals surface area contributed by atoms with Crippen LogP contribution in [-0.4, -0.2) is 23.7 Å². The molecule has 0 aromatic heterocycles. The molecule has 1 rings (SSSR count). The van der Waals surface area contributed by atoms with Gasteiger partial charge < -0.3 is 10.0 Å². The zero-order chi connectivity index (χ0) is 14.7. The number of carbonyl (C=O) groups is 1. The van der Waals surface area contributed by atoms with Gasteiger partial charge in [-0.1, -0.05) is 13.8 Å². The maximum Gasteiger partial charge on any atom is 0.338 e. The van der Waals surface area contributed by atoms with E-state index < -0.39 is 23.2 Å². The van der Waals surface area contributed by atoms with Crippen LogP contribution in [0.4, 0.5) is 14.5 Å². The summed E-state index contributed by atoms with van der Waals surface area (Å²) >= 11 is 0. The Morgan fingerprint density at radius 2 is 1.79 bits per heavy atom. The summed E-state index contributed by atoms with van der Waals surface area (Å²) in [6.07, 6.45) is 0. The van der Waals surface area contributed by atoms with Gasteiger partial charge in [-0.2, -0.15) is 0 Å². The van der Waals surface area contributed by atoms with Crippen LogP contribution in [0.1, 0.15) is 38.1 Å². The van der Waals surface area contributed by atoms with Crippen LogP contribution in [-0.2, 0) is 0 Å². The van der Waals surface area contributed by atoms with Gasteiger partial charge in [0.15, 0.2) is 11.6 Å². The summed E-state index contributed by atoms with van der Waals surface area (Å²) < 4.78 is 27.7. The summed E-state index contributed by atoms with van der Waals surface area (Å²) in [5, 5.41) is 8.75. The van der Waals surface area contributed by atoms with Crippen molar-refractivity contribution in [2.24, 2.45) is 5.92 Å². The Kier molecular flexibility index (Phi) is 4.86. The van der Waals surface area contributed by atoms with Crippen LogP contribution in [0.3, 0.4) is 0 Å². The third-order valence-electron chi connectivity index (χ3n) is 2.79. The lowest BCUT2D eigenvalue weighted by Gasteiger charge is -2.31. The van der Waals surface area contributed by atoms with Gasteiger partial charge in [0.2, 0.25) is 0 Å². The van der Waals surface area contributed by atoms with Crippen LogP contribution < -0.4 is 4.90 Å². The van der Waals surface area contributed by atoms with E-state index in [1.807, 2.05) is 27.7 Å². The third-order valence-corrected chi connectivity index (χ3v) is 2.79. The number of nitrogens with zero attached hydrogens (tertiary/aromatic N) is 1. The highest BCUT2D eigenvalue weighted by Gasteiger charge is 2.22. The van der Waals surface area contributed by atoms with Gasteiger partial charge >= 0.3 is 5.97 Å². The summed E-state index contributed by atoms with van der Waals surface area (Å²) in [6.45, 7) is 8.29. The lowest BCUT2D eigenvalue weighted by Crippen LogP contribution is -2.35. The van der Waals surface area contributed by atoms with Crippen molar-refractivity contribution in [3.8, 4) is 0 Å². The number of carboxylic acid groups (broad SMARTS) is 1. The monoisotopic (exact) mass is 271 g/mol. The van der Waals surface area contributed by atoms with Crippen LogP contribution in [0.15, 0.2) is 12.1 Å². The summed E-state index contributed by atoms with van der Waals surface area (Å²) in [6, 6.07) is 2.42. The predicted octanol–water partition coefficient (Wildman–Crippen LogP) is 3.53. The van der Waals surface area contributed by atoms with Gasteiger partial charge in [0.25, 0.3) is 0 Å². The van der Waals surface area contributed by atoms with Crippen LogP contribution in [0.25, 0.3) is 0 Å². The first-order chi connectivity index (χ1) is 8.75. The molecule has 106 valence electrons. The van der Waals surface area contributed by atoms with Gasteiger partial charge in [-0.15, -0.1) is 0 Å². The van der Waals surface area contributed by atoms with Crippen LogP contribution in [0.2, 0.25) is 0 Å². The minimum atomic E-state index is -1.47. The van der Waals surface area contributed by atoms with Crippen molar-refractivity contribution in [3.05, 3.63) is 29.3 Å². The molecule has 0 radical (unpaired) electrons. The molecule has 0 atom stereocenters. The van der Waals surface area contributed by atoms with Gasteiger partial charge in [-0.05, 0) is 31.9 Å². The second-order valence-electron chi connectivity index (χ2n) is 5.21. The minimum Gasteiger partial charge on any atom is -0.478 e. The first kappa shape index (κ1) is 15.4. The topological polar surface area (TPSA) is 40.5 Å². The number of hydrogen-bond acceptors (Lipinski definition) is 2. The highest BCUT2D eigenvalue weighted by Crippen LogP contribution is 2.26. The number of benzene rings is 1. The second kappa shape index (κ2) is 5.99. The number of carboxylic acids is 1. The quantitative estimate of drug-likeness (QED) is 0.890. The molecule has 0 aliphatic carbocycles. The van der Waals surface area contributed by atoms with Gasteiger partial charge in [0.1, 0.15) is 0 Å². The average molecular weight is 271 g/mol. The number of halogens is 2. The lowest BCUT2D eigenvalue weighted by molar-refractivity contribution is 0.0690. The Labute approximate surface area is 111 Å². The fourth-order valence-electron chi connectivity index (χ4n) is 1.91. The van der Waals surface area contributed by atoms with Gasteiger partial charge in [-0.25, -0.2) is 13.6 Å². The predicted molar refractivity (Wildman–Crippen MR) is 70.6 cm³/mol. The average Bonchev–Trinajstić information content (AvgIpc) is 2.29. The molecule has 19 heavy (non-hydrogen) atoms. The van der Waals surface area contributed by atoms with E-state index in [2.05, 4.69) is 0 Å². The maximum atomic E-state index is 14.0. The molecule has 0 saturated carbocycles. The molecule has 0 saturated heterocycles. The van der Waals surface area contributed by atoms with Gasteiger partial charge in [-0.3, -0.25) is 0 Å². The van der Waals surface area contributed by atoms with E-state index in [1.165, 1.54) is 6.07 Å². The van der Waals surface area contributed by atoms with Crippen molar-refractivity contribution < 1.29 is 18.7 Å². The van der Waals surface area contributed by atoms with Crippen molar-refractivity contribution in [2.75, 3.05) is 11.4 Å². The Morgan fingerprint density at radius 3 is 2.21 bits per heavy atom. The van der Waals surface area contributed by atoms with E-state index in [0.717, 1.165) is 6.07 Å². The van der Waals surface area contributed by atoms with Gasteiger partial charge in [0.05, 0.1) is 11.3 Å². The van der Waals surface area contributed by atoms with Crippen LogP contribution in [0.5, 0.6) is 0 Å². The minimum absolute atomic E-state index is 0.00743. The number of anilines is 1. The van der Waals surface area contributed by atoms with Crippen molar-refractivity contribution in [2.45, 2.75) is 33.7 Å². The van der Waals surface area contributed by atoms with Crippen molar-refractivity contribution in [1.29, 1.82) is 0 Å². The molecular weight excluding hydrogens is 252 g/mol. The first-order valence-electron chi connectivity index (χ1n) is 6.23. The fourth-order valence-corrected chi connectivity index (χ4v) is 1.91. The van der Waals surface area contributed by atoms with E-state index in [1.54, 1.807) is 4.90 Å². The Hall–Kier alpha value is -1.65. The maximum absolute atomic E-state index is 14.0. The lowest BCUT2D eigenvalue weighted by atomic mass is 10.1. The third kappa shape index (κ3) is 3.43. The van der Waals surface area contributed by atoms with E-state index in [-0.39, 0.29) is 17.6 Å². The molecule has 0 amide bonds. The standard InChI is InChI=1S/C14H19F2NO2/c1-8(2)7-17(9(3)4)11-6-5-10(14(18)19)12(15)13(11)16/h5-6,8-9H,7H2,1-4H3,(H,18,19). The summed E-state index contributed by atoms with van der Waals surface area (Å²) in [4.78, 5) is 12.5. The van der Waals surface area contributed by atoms with E-state index in [4.69, 9.17) is 5.11 Å². The van der Waals surface area contributed by atoms with Crippen molar-refractivity contribution in [3.63, 3.8) is 0 Å². The fraction of sp³-hybridized carbons (Fsp3) is 0.500. The van der Waals surface area contributed by atoms with E-state index >= 15 is 0 Å². The van der Waals surface area contributed by atoms with Crippen molar-refractivity contribution >= 4 is 11.7 Å². The molecule has 0 aliphatic rings. The molecule has 1 aromatic rings. The zero-order valence-corrected chi connectivity index (χ0v) is 11.6. The molecule has 3 nitrogen and oxygen atoms in total. The van der Waals surface area contributed by atoms with Crippen molar-refractivity contribution in [1.82, 2.24) is 0 Å². The molecule has 0 aliphatic heterocycles. The molecule has 0 fully saturated rings. The van der Waals surface area contributed by atoms with Crippen LogP contribution >= 0.6 is 0 Å². The number of aromatic carboxylic acids is 1. The molecule has 0 heterocycles. The molecule has 5 heteroatoms. The summed E-state index contributed by atoms with van der Waals surface area (Å²) in [5.41, 5.74) is -0.541. The largest absolute Gasteiger partial charge is 0.478 e.